The maximum absolute atomic E-state index is 11.8. The first-order chi connectivity index (χ1) is 13.1. The van der Waals surface area contributed by atoms with Crippen LogP contribution in [0.3, 0.4) is 0 Å². The third-order valence-corrected chi connectivity index (χ3v) is 5.32. The highest BCUT2D eigenvalue weighted by atomic mass is 16.5. The second-order valence-electron chi connectivity index (χ2n) is 7.10. The fraction of sp³-hybridized carbons (Fsp3) is 0.750. The van der Waals surface area contributed by atoms with Crippen LogP contribution in [0.1, 0.15) is 76.7 Å². The van der Waals surface area contributed by atoms with E-state index in [4.69, 9.17) is 9.26 Å². The van der Waals surface area contributed by atoms with Crippen molar-refractivity contribution in [2.45, 2.75) is 77.8 Å². The van der Waals surface area contributed by atoms with Gasteiger partial charge < -0.3 is 19.9 Å². The van der Waals surface area contributed by atoms with E-state index < -0.39 is 0 Å². The van der Waals surface area contributed by atoms with E-state index in [0.717, 1.165) is 55.9 Å². The summed E-state index contributed by atoms with van der Waals surface area (Å²) in [6.45, 7) is 7.19. The molecule has 0 radical (unpaired) electrons. The maximum atomic E-state index is 11.8. The van der Waals surface area contributed by atoms with Crippen molar-refractivity contribution in [3.05, 3.63) is 17.5 Å². The molecule has 0 unspecified atom stereocenters. The van der Waals surface area contributed by atoms with Crippen molar-refractivity contribution in [2.24, 2.45) is 10.9 Å². The molecular weight excluding hydrogens is 344 g/mol. The number of aliphatic imine (C=N–C) groups is 1. The van der Waals surface area contributed by atoms with Gasteiger partial charge in [0.15, 0.2) is 11.7 Å². The number of carbonyl (C=O) groups is 1. The molecule has 7 nitrogen and oxygen atoms in total. The summed E-state index contributed by atoms with van der Waals surface area (Å²) >= 11 is 0. The lowest BCUT2D eigenvalue weighted by Crippen LogP contribution is -2.45. The third-order valence-electron chi connectivity index (χ3n) is 5.32. The van der Waals surface area contributed by atoms with Crippen molar-refractivity contribution in [3.63, 3.8) is 0 Å². The highest BCUT2D eigenvalue weighted by Crippen LogP contribution is 2.25. The fourth-order valence-electron chi connectivity index (χ4n) is 3.60. The number of carbonyl (C=O) groups excluding carboxylic acids is 1. The van der Waals surface area contributed by atoms with E-state index in [1.54, 1.807) is 7.05 Å². The maximum Gasteiger partial charge on any atom is 0.308 e. The zero-order valence-corrected chi connectivity index (χ0v) is 17.1. The Kier molecular flexibility index (Phi) is 8.61. The summed E-state index contributed by atoms with van der Waals surface area (Å²) in [5.74, 6) is 1.99. The predicted molar refractivity (Wildman–Crippen MR) is 106 cm³/mol. The Morgan fingerprint density at radius 3 is 2.59 bits per heavy atom. The fourth-order valence-corrected chi connectivity index (χ4v) is 3.60. The molecule has 1 fully saturated rings. The van der Waals surface area contributed by atoms with Gasteiger partial charge in [-0.3, -0.25) is 9.79 Å². The van der Waals surface area contributed by atoms with Crippen LogP contribution in [0.25, 0.3) is 0 Å². The van der Waals surface area contributed by atoms with Crippen LogP contribution < -0.4 is 10.6 Å². The van der Waals surface area contributed by atoms with Gasteiger partial charge >= 0.3 is 5.97 Å². The first-order valence-corrected chi connectivity index (χ1v) is 10.2. The Morgan fingerprint density at radius 2 is 2.00 bits per heavy atom. The van der Waals surface area contributed by atoms with Gasteiger partial charge in [0.1, 0.15) is 0 Å². The normalized spacial score (nSPS) is 20.6. The van der Waals surface area contributed by atoms with Gasteiger partial charge in [-0.2, -0.15) is 0 Å². The molecular formula is C20H34N4O3. The topological polar surface area (TPSA) is 88.8 Å². The van der Waals surface area contributed by atoms with E-state index in [2.05, 4.69) is 34.6 Å². The van der Waals surface area contributed by atoms with Gasteiger partial charge in [0.05, 0.1) is 24.8 Å². The van der Waals surface area contributed by atoms with E-state index in [1.165, 1.54) is 0 Å². The summed E-state index contributed by atoms with van der Waals surface area (Å²) in [5, 5.41) is 10.9. The Bertz CT molecular complexity index is 602. The molecule has 0 saturated heterocycles. The molecule has 2 N–H and O–H groups in total. The van der Waals surface area contributed by atoms with Crippen molar-refractivity contribution >= 4 is 11.9 Å². The van der Waals surface area contributed by atoms with Crippen LogP contribution in [0.2, 0.25) is 0 Å². The third kappa shape index (κ3) is 6.26. The van der Waals surface area contributed by atoms with Gasteiger partial charge in [-0.1, -0.05) is 19.0 Å². The zero-order chi connectivity index (χ0) is 19.6. The van der Waals surface area contributed by atoms with Crippen LogP contribution in [0.5, 0.6) is 0 Å². The summed E-state index contributed by atoms with van der Waals surface area (Å²) in [4.78, 5) is 16.1. The van der Waals surface area contributed by atoms with Crippen molar-refractivity contribution < 1.29 is 14.1 Å². The van der Waals surface area contributed by atoms with E-state index in [-0.39, 0.29) is 11.9 Å². The number of esters is 1. The molecule has 7 heteroatoms. The van der Waals surface area contributed by atoms with Crippen molar-refractivity contribution in [3.8, 4) is 0 Å². The zero-order valence-electron chi connectivity index (χ0n) is 17.1. The second-order valence-corrected chi connectivity index (χ2v) is 7.10. The van der Waals surface area contributed by atoms with Gasteiger partial charge in [-0.25, -0.2) is 0 Å². The number of nitrogens with one attached hydrogen (secondary N) is 2. The van der Waals surface area contributed by atoms with E-state index in [0.29, 0.717) is 25.1 Å². The summed E-state index contributed by atoms with van der Waals surface area (Å²) in [7, 11) is 1.76. The molecule has 0 bridgehead atoms. The smallest absolute Gasteiger partial charge is 0.308 e. The minimum Gasteiger partial charge on any atom is -0.466 e. The molecule has 1 saturated carbocycles. The molecule has 1 aliphatic rings. The number of hydrogen-bond donors (Lipinski definition) is 2. The van der Waals surface area contributed by atoms with Crippen LogP contribution in [0.15, 0.2) is 15.6 Å². The van der Waals surface area contributed by atoms with Crippen molar-refractivity contribution in [1.82, 2.24) is 15.8 Å². The Balaban J connectivity index is 1.77. The van der Waals surface area contributed by atoms with Gasteiger partial charge in [-0.15, -0.1) is 0 Å². The number of rotatable bonds is 8. The van der Waals surface area contributed by atoms with Crippen LogP contribution in [-0.4, -0.2) is 36.8 Å². The molecule has 1 heterocycles. The summed E-state index contributed by atoms with van der Waals surface area (Å²) < 4.78 is 10.6. The number of nitrogens with zero attached hydrogens (tertiary/aromatic N) is 2. The number of hydrogen-bond acceptors (Lipinski definition) is 5. The van der Waals surface area contributed by atoms with Gasteiger partial charge in [-0.05, 0) is 45.4 Å². The van der Waals surface area contributed by atoms with Gasteiger partial charge in [0.25, 0.3) is 0 Å². The first kappa shape index (κ1) is 21.3. The van der Waals surface area contributed by atoms with Crippen molar-refractivity contribution in [2.75, 3.05) is 13.7 Å². The average Bonchev–Trinajstić information content (AvgIpc) is 3.15. The monoisotopic (exact) mass is 378 g/mol. The Morgan fingerprint density at radius 1 is 1.30 bits per heavy atom. The number of ether oxygens (including phenoxy) is 1. The lowest BCUT2D eigenvalue weighted by Gasteiger charge is -2.28. The Hall–Kier alpha value is -2.05. The summed E-state index contributed by atoms with van der Waals surface area (Å²) in [6.07, 6.45) is 5.71. The van der Waals surface area contributed by atoms with E-state index in [9.17, 15) is 4.79 Å². The average molecular weight is 379 g/mol. The number of guanidine groups is 1. The van der Waals surface area contributed by atoms with Crippen molar-refractivity contribution in [1.29, 1.82) is 0 Å². The SMILES string of the molecule is CCOC(=O)C1CCC(NC(=NC)NCc2cc(C(CC)CC)no2)CC1. The molecule has 2 rings (SSSR count). The van der Waals surface area contributed by atoms with E-state index >= 15 is 0 Å². The molecule has 1 aliphatic carbocycles. The molecule has 0 aromatic carbocycles. The van der Waals surface area contributed by atoms with Crippen LogP contribution in [0.4, 0.5) is 0 Å². The highest BCUT2D eigenvalue weighted by molar-refractivity contribution is 5.80. The molecule has 0 spiro atoms. The van der Waals surface area contributed by atoms with E-state index in [1.807, 2.05) is 13.0 Å². The molecule has 0 amide bonds. The molecule has 1 aromatic heterocycles. The molecule has 152 valence electrons. The molecule has 0 atom stereocenters. The quantitative estimate of drug-likeness (QED) is 0.410. The van der Waals surface area contributed by atoms with Crippen LogP contribution >= 0.6 is 0 Å². The predicted octanol–water partition coefficient (Wildman–Crippen LogP) is 3.37. The lowest BCUT2D eigenvalue weighted by atomic mass is 9.86. The Labute approximate surface area is 162 Å². The number of aromatic nitrogens is 1. The van der Waals surface area contributed by atoms with Gasteiger partial charge in [0.2, 0.25) is 0 Å². The van der Waals surface area contributed by atoms with Gasteiger partial charge in [0, 0.05) is 25.1 Å². The second kappa shape index (κ2) is 10.9. The molecule has 27 heavy (non-hydrogen) atoms. The molecule has 0 aliphatic heterocycles. The first-order valence-electron chi connectivity index (χ1n) is 10.2. The lowest BCUT2D eigenvalue weighted by molar-refractivity contribution is -0.149. The van der Waals surface area contributed by atoms with Crippen LogP contribution in [-0.2, 0) is 16.1 Å². The largest absolute Gasteiger partial charge is 0.466 e. The highest BCUT2D eigenvalue weighted by Gasteiger charge is 2.27. The summed E-state index contributed by atoms with van der Waals surface area (Å²) in [5.41, 5.74) is 1.03. The summed E-state index contributed by atoms with van der Waals surface area (Å²) in [6, 6.07) is 2.35. The minimum atomic E-state index is -0.0583. The minimum absolute atomic E-state index is 0.0377. The molecule has 1 aromatic rings. The standard InChI is InChI=1S/C20H34N4O3/c1-5-14(6-2)18-12-17(27-24-18)13-22-20(21-4)23-16-10-8-15(9-11-16)19(25)26-7-3/h12,14-16H,5-11,13H2,1-4H3,(H2,21,22,23). The van der Waals surface area contributed by atoms with Crippen LogP contribution in [0, 0.1) is 5.92 Å².